The van der Waals surface area contributed by atoms with Gasteiger partial charge in [0.05, 0.1) is 17.7 Å². The zero-order chi connectivity index (χ0) is 17.9. The molecule has 0 saturated heterocycles. The number of aliphatic hydroxyl groups is 1. The van der Waals surface area contributed by atoms with Crippen LogP contribution in [0.3, 0.4) is 0 Å². The van der Waals surface area contributed by atoms with Gasteiger partial charge >= 0.3 is 0 Å². The Kier molecular flexibility index (Phi) is 5.24. The number of nitrogens with two attached hydrogens (primary N) is 1. The quantitative estimate of drug-likeness (QED) is 0.778. The number of hydrogen-bond donors (Lipinski definition) is 2. The first-order chi connectivity index (χ1) is 12.0. The van der Waals surface area contributed by atoms with Crippen molar-refractivity contribution in [3.8, 4) is 11.4 Å². The van der Waals surface area contributed by atoms with Crippen molar-refractivity contribution in [1.82, 2.24) is 10.1 Å². The summed E-state index contributed by atoms with van der Waals surface area (Å²) in [5, 5.41) is 13.1. The Bertz CT molecular complexity index is 743. The Hall–Kier alpha value is -2.12. The van der Waals surface area contributed by atoms with Gasteiger partial charge in [0.25, 0.3) is 0 Å². The number of aliphatic hydroxyl groups excluding tert-OH is 1. The number of aldehydes is 1. The molecule has 0 aliphatic heterocycles. The van der Waals surface area contributed by atoms with Crippen molar-refractivity contribution < 1.29 is 18.8 Å². The number of hydrogen-bond acceptors (Lipinski definition) is 6. The summed E-state index contributed by atoms with van der Waals surface area (Å²) in [4.78, 5) is 15.3. The third-order valence-corrected chi connectivity index (χ3v) is 4.73. The zero-order valence-corrected chi connectivity index (χ0v) is 13.9. The van der Waals surface area contributed by atoms with E-state index in [-0.39, 0.29) is 23.7 Å². The number of carbonyl (C=O) groups excluding carboxylic acids is 1. The van der Waals surface area contributed by atoms with Crippen LogP contribution in [-0.4, -0.2) is 33.7 Å². The lowest BCUT2D eigenvalue weighted by molar-refractivity contribution is -0.113. The molecule has 25 heavy (non-hydrogen) atoms. The van der Waals surface area contributed by atoms with E-state index in [0.717, 1.165) is 25.7 Å². The molecule has 3 rings (SSSR count). The molecule has 1 aromatic heterocycles. The molecular formula is C18H22FN3O3. The Morgan fingerprint density at radius 2 is 2.12 bits per heavy atom. The normalized spacial score (nSPS) is 18.0. The lowest BCUT2D eigenvalue weighted by Crippen LogP contribution is -2.47. The van der Waals surface area contributed by atoms with E-state index in [1.165, 1.54) is 12.5 Å². The molecule has 0 radical (unpaired) electrons. The summed E-state index contributed by atoms with van der Waals surface area (Å²) >= 11 is 0. The highest BCUT2D eigenvalue weighted by Gasteiger charge is 2.25. The first-order valence-corrected chi connectivity index (χ1v) is 8.53. The number of halogens is 1. The van der Waals surface area contributed by atoms with Gasteiger partial charge in [-0.25, -0.2) is 4.39 Å². The highest BCUT2D eigenvalue weighted by atomic mass is 19.1. The smallest absolute Gasteiger partial charge is 0.230 e. The average Bonchev–Trinajstić information content (AvgIpc) is 3.12. The van der Waals surface area contributed by atoms with Crippen molar-refractivity contribution in [2.45, 2.75) is 50.0 Å². The Morgan fingerprint density at radius 1 is 1.36 bits per heavy atom. The molecule has 134 valence electrons. The van der Waals surface area contributed by atoms with E-state index < -0.39 is 18.0 Å². The molecule has 1 fully saturated rings. The molecule has 0 spiro atoms. The second kappa shape index (κ2) is 7.41. The molecule has 0 amide bonds. The highest BCUT2D eigenvalue weighted by molar-refractivity contribution is 5.65. The van der Waals surface area contributed by atoms with Crippen LogP contribution < -0.4 is 5.73 Å². The summed E-state index contributed by atoms with van der Waals surface area (Å²) < 4.78 is 19.8. The minimum absolute atomic E-state index is 0.0454. The van der Waals surface area contributed by atoms with E-state index in [1.54, 1.807) is 12.1 Å². The molecule has 3 N–H and O–H groups in total. The molecule has 6 nitrogen and oxygen atoms in total. The molecule has 1 unspecified atom stereocenters. The van der Waals surface area contributed by atoms with Crippen LogP contribution in [0.5, 0.6) is 0 Å². The SMILES string of the molecule is NC(C=O)(CO)Cc1ccc(-c2noc(C3CCCCC3)n2)c(F)c1. The largest absolute Gasteiger partial charge is 0.394 e. The van der Waals surface area contributed by atoms with Gasteiger partial charge in [-0.2, -0.15) is 4.98 Å². The summed E-state index contributed by atoms with van der Waals surface area (Å²) in [5.74, 6) is 0.536. The summed E-state index contributed by atoms with van der Waals surface area (Å²) in [6, 6.07) is 4.48. The van der Waals surface area contributed by atoms with Gasteiger partial charge in [-0.05, 0) is 37.0 Å². The molecule has 0 bridgehead atoms. The first kappa shape index (κ1) is 17.7. The van der Waals surface area contributed by atoms with Crippen LogP contribution in [0, 0.1) is 5.82 Å². The van der Waals surface area contributed by atoms with Crippen LogP contribution in [0.1, 0.15) is 49.5 Å². The third-order valence-electron chi connectivity index (χ3n) is 4.73. The topological polar surface area (TPSA) is 102 Å². The lowest BCUT2D eigenvalue weighted by Gasteiger charge is -2.20. The van der Waals surface area contributed by atoms with Crippen molar-refractivity contribution in [2.24, 2.45) is 5.73 Å². The monoisotopic (exact) mass is 347 g/mol. The minimum atomic E-state index is -1.41. The van der Waals surface area contributed by atoms with Crippen LogP contribution in [0.2, 0.25) is 0 Å². The van der Waals surface area contributed by atoms with E-state index in [9.17, 15) is 14.3 Å². The van der Waals surface area contributed by atoms with Gasteiger partial charge in [0.2, 0.25) is 11.7 Å². The summed E-state index contributed by atoms with van der Waals surface area (Å²) in [7, 11) is 0. The molecule has 2 aromatic rings. The van der Waals surface area contributed by atoms with Crippen LogP contribution in [0.15, 0.2) is 22.7 Å². The number of nitrogens with zero attached hydrogens (tertiary/aromatic N) is 2. The second-order valence-corrected chi connectivity index (χ2v) is 6.79. The Morgan fingerprint density at radius 3 is 2.76 bits per heavy atom. The number of benzene rings is 1. The molecular weight excluding hydrogens is 325 g/mol. The highest BCUT2D eigenvalue weighted by Crippen LogP contribution is 2.33. The van der Waals surface area contributed by atoms with Crippen molar-refractivity contribution in [1.29, 1.82) is 0 Å². The van der Waals surface area contributed by atoms with E-state index in [2.05, 4.69) is 10.1 Å². The van der Waals surface area contributed by atoms with Crippen LogP contribution in [0.25, 0.3) is 11.4 Å². The van der Waals surface area contributed by atoms with Crippen LogP contribution in [-0.2, 0) is 11.2 Å². The second-order valence-electron chi connectivity index (χ2n) is 6.79. The molecule has 7 heteroatoms. The fraction of sp³-hybridized carbons (Fsp3) is 0.500. The summed E-state index contributed by atoms with van der Waals surface area (Å²) in [6.07, 6.45) is 6.09. The zero-order valence-electron chi connectivity index (χ0n) is 13.9. The molecule has 1 saturated carbocycles. The maximum atomic E-state index is 14.5. The van der Waals surface area contributed by atoms with Crippen LogP contribution in [0.4, 0.5) is 4.39 Å². The van der Waals surface area contributed by atoms with Crippen molar-refractivity contribution in [3.63, 3.8) is 0 Å². The van der Waals surface area contributed by atoms with Gasteiger partial charge in [-0.3, -0.25) is 0 Å². The van der Waals surface area contributed by atoms with Gasteiger partial charge in [-0.15, -0.1) is 0 Å². The van der Waals surface area contributed by atoms with Crippen molar-refractivity contribution in [3.05, 3.63) is 35.5 Å². The maximum absolute atomic E-state index is 14.5. The lowest BCUT2D eigenvalue weighted by atomic mass is 9.89. The Balaban J connectivity index is 1.79. The van der Waals surface area contributed by atoms with Gasteiger partial charge in [0, 0.05) is 5.92 Å². The third kappa shape index (κ3) is 3.93. The van der Waals surface area contributed by atoms with Crippen molar-refractivity contribution >= 4 is 6.29 Å². The van der Waals surface area contributed by atoms with Gasteiger partial charge in [0.1, 0.15) is 12.1 Å². The van der Waals surface area contributed by atoms with Gasteiger partial charge in [0.15, 0.2) is 0 Å². The van der Waals surface area contributed by atoms with E-state index >= 15 is 0 Å². The molecule has 1 aliphatic rings. The fourth-order valence-electron chi connectivity index (χ4n) is 3.22. The molecule has 1 heterocycles. The summed E-state index contributed by atoms with van der Waals surface area (Å²) in [5.41, 5.74) is 5.08. The summed E-state index contributed by atoms with van der Waals surface area (Å²) in [6.45, 7) is -0.505. The molecule has 1 aromatic carbocycles. The van der Waals surface area contributed by atoms with Crippen molar-refractivity contribution in [2.75, 3.05) is 6.61 Å². The average molecular weight is 347 g/mol. The fourth-order valence-corrected chi connectivity index (χ4v) is 3.22. The molecule has 1 aliphatic carbocycles. The predicted octanol–water partition coefficient (Wildman–Crippen LogP) is 2.35. The minimum Gasteiger partial charge on any atom is -0.394 e. The predicted molar refractivity (Wildman–Crippen MR) is 89.3 cm³/mol. The van der Waals surface area contributed by atoms with Crippen LogP contribution >= 0.6 is 0 Å². The number of rotatable bonds is 6. The number of aromatic nitrogens is 2. The molecule has 1 atom stereocenters. The van der Waals surface area contributed by atoms with Gasteiger partial charge < -0.3 is 20.2 Å². The maximum Gasteiger partial charge on any atom is 0.230 e. The van der Waals surface area contributed by atoms with E-state index in [4.69, 9.17) is 10.3 Å². The van der Waals surface area contributed by atoms with E-state index in [0.29, 0.717) is 17.7 Å². The van der Waals surface area contributed by atoms with Gasteiger partial charge in [-0.1, -0.05) is 30.5 Å². The first-order valence-electron chi connectivity index (χ1n) is 8.53. The number of carbonyl (C=O) groups is 1. The standard InChI is InChI=1S/C18H22FN3O3/c19-15-8-12(9-18(20,10-23)11-24)6-7-14(15)16-21-17(25-22-16)13-4-2-1-3-5-13/h6-8,10,13,24H,1-5,9,11,20H2. The Labute approximate surface area is 145 Å². The van der Waals surface area contributed by atoms with E-state index in [1.807, 2.05) is 0 Å².